The van der Waals surface area contributed by atoms with Crippen molar-refractivity contribution in [2.75, 3.05) is 13.6 Å². The summed E-state index contributed by atoms with van der Waals surface area (Å²) in [5.74, 6) is 0. The molecule has 0 fully saturated rings. The Morgan fingerprint density at radius 2 is 2.06 bits per heavy atom. The molecule has 0 spiro atoms. The average Bonchev–Trinajstić information content (AvgIpc) is 2.58. The van der Waals surface area contributed by atoms with Gasteiger partial charge in [0.05, 0.1) is 5.60 Å². The summed E-state index contributed by atoms with van der Waals surface area (Å²) in [5, 5.41) is 9.85. The van der Waals surface area contributed by atoms with Gasteiger partial charge < -0.3 is 5.11 Å². The quantitative estimate of drug-likeness (QED) is 0.843. The van der Waals surface area contributed by atoms with Gasteiger partial charge in [0.2, 0.25) is 0 Å². The van der Waals surface area contributed by atoms with Gasteiger partial charge in [0.15, 0.2) is 0 Å². The maximum atomic E-state index is 9.85. The molecule has 1 aliphatic rings. The van der Waals surface area contributed by atoms with Crippen LogP contribution in [0, 0.1) is 0 Å². The van der Waals surface area contributed by atoms with E-state index in [9.17, 15) is 5.11 Å². The van der Waals surface area contributed by atoms with Gasteiger partial charge in [0, 0.05) is 12.6 Å². The molecule has 88 valence electrons. The molecule has 2 nitrogen and oxygen atoms in total. The molecule has 0 saturated heterocycles. The van der Waals surface area contributed by atoms with Gasteiger partial charge in [0.25, 0.3) is 0 Å². The molecule has 1 aliphatic carbocycles. The van der Waals surface area contributed by atoms with E-state index in [-0.39, 0.29) is 0 Å². The van der Waals surface area contributed by atoms with Crippen LogP contribution in [0.1, 0.15) is 37.4 Å². The number of hydrogen-bond acceptors (Lipinski definition) is 2. The Morgan fingerprint density at radius 3 is 2.75 bits per heavy atom. The summed E-state index contributed by atoms with van der Waals surface area (Å²) in [6.07, 6.45) is 2.34. The van der Waals surface area contributed by atoms with Crippen molar-refractivity contribution in [3.8, 4) is 0 Å². The van der Waals surface area contributed by atoms with Crippen LogP contribution in [-0.4, -0.2) is 29.2 Å². The number of aliphatic hydroxyl groups is 1. The summed E-state index contributed by atoms with van der Waals surface area (Å²) < 4.78 is 0. The van der Waals surface area contributed by atoms with Crippen LogP contribution in [0.15, 0.2) is 24.3 Å². The van der Waals surface area contributed by atoms with E-state index in [4.69, 9.17) is 0 Å². The van der Waals surface area contributed by atoms with Crippen molar-refractivity contribution in [3.63, 3.8) is 0 Å². The minimum absolute atomic E-state index is 0.475. The molecule has 2 rings (SSSR count). The van der Waals surface area contributed by atoms with Crippen LogP contribution in [-0.2, 0) is 6.42 Å². The highest BCUT2D eigenvalue weighted by Crippen LogP contribution is 2.35. The number of fused-ring (bicyclic) bond motifs is 1. The van der Waals surface area contributed by atoms with Gasteiger partial charge >= 0.3 is 0 Å². The highest BCUT2D eigenvalue weighted by molar-refractivity contribution is 5.34. The minimum Gasteiger partial charge on any atom is -0.389 e. The Labute approximate surface area is 97.9 Å². The van der Waals surface area contributed by atoms with Crippen LogP contribution < -0.4 is 0 Å². The molecule has 1 atom stereocenters. The van der Waals surface area contributed by atoms with Crippen molar-refractivity contribution >= 4 is 0 Å². The van der Waals surface area contributed by atoms with E-state index in [1.54, 1.807) is 0 Å². The Kier molecular flexibility index (Phi) is 3.04. The molecule has 0 unspecified atom stereocenters. The van der Waals surface area contributed by atoms with Crippen molar-refractivity contribution in [3.05, 3.63) is 35.4 Å². The van der Waals surface area contributed by atoms with Gasteiger partial charge in [-0.3, -0.25) is 4.90 Å². The van der Waals surface area contributed by atoms with E-state index in [1.807, 2.05) is 13.8 Å². The number of nitrogens with zero attached hydrogens (tertiary/aromatic N) is 1. The summed E-state index contributed by atoms with van der Waals surface area (Å²) in [6.45, 7) is 4.45. The molecule has 0 radical (unpaired) electrons. The average molecular weight is 219 g/mol. The van der Waals surface area contributed by atoms with E-state index in [0.29, 0.717) is 12.6 Å². The summed E-state index contributed by atoms with van der Waals surface area (Å²) >= 11 is 0. The van der Waals surface area contributed by atoms with Gasteiger partial charge in [-0.05, 0) is 44.9 Å². The fourth-order valence-electron chi connectivity index (χ4n) is 2.71. The highest BCUT2D eigenvalue weighted by Gasteiger charge is 2.28. The number of rotatable bonds is 3. The lowest BCUT2D eigenvalue weighted by atomic mass is 10.0. The van der Waals surface area contributed by atoms with E-state index >= 15 is 0 Å². The molecule has 1 N–H and O–H groups in total. The number of aryl methyl sites for hydroxylation is 1. The second kappa shape index (κ2) is 4.19. The largest absolute Gasteiger partial charge is 0.389 e. The summed E-state index contributed by atoms with van der Waals surface area (Å²) in [6, 6.07) is 9.12. The van der Waals surface area contributed by atoms with E-state index in [2.05, 4.69) is 36.2 Å². The molecular weight excluding hydrogens is 198 g/mol. The van der Waals surface area contributed by atoms with Crippen molar-refractivity contribution in [1.82, 2.24) is 4.90 Å². The Bertz CT molecular complexity index is 367. The van der Waals surface area contributed by atoms with E-state index in [0.717, 1.165) is 6.42 Å². The van der Waals surface area contributed by atoms with Crippen molar-refractivity contribution < 1.29 is 5.11 Å². The minimum atomic E-state index is -0.619. The second-order valence-electron chi connectivity index (χ2n) is 5.48. The van der Waals surface area contributed by atoms with Gasteiger partial charge in [-0.1, -0.05) is 24.3 Å². The number of likely N-dealkylation sites (N-methyl/N-ethyl adjacent to an activating group) is 1. The van der Waals surface area contributed by atoms with Crippen LogP contribution in [0.4, 0.5) is 0 Å². The zero-order valence-electron chi connectivity index (χ0n) is 10.4. The molecular formula is C14H21NO. The number of hydrogen-bond donors (Lipinski definition) is 1. The zero-order valence-corrected chi connectivity index (χ0v) is 10.4. The molecule has 0 heterocycles. The van der Waals surface area contributed by atoms with Crippen LogP contribution in [0.5, 0.6) is 0 Å². The Balaban J connectivity index is 2.13. The predicted octanol–water partition coefficient (Wildman–Crippen LogP) is 2.38. The first kappa shape index (κ1) is 11.6. The molecule has 0 amide bonds. The summed E-state index contributed by atoms with van der Waals surface area (Å²) in [7, 11) is 2.10. The van der Waals surface area contributed by atoms with Crippen LogP contribution in [0.3, 0.4) is 0 Å². The van der Waals surface area contributed by atoms with Crippen molar-refractivity contribution in [1.29, 1.82) is 0 Å². The first-order valence-electron chi connectivity index (χ1n) is 5.98. The molecule has 0 aliphatic heterocycles. The summed E-state index contributed by atoms with van der Waals surface area (Å²) in [4.78, 5) is 2.27. The van der Waals surface area contributed by atoms with Crippen molar-refractivity contribution in [2.45, 2.75) is 38.3 Å². The fourth-order valence-corrected chi connectivity index (χ4v) is 2.71. The standard InChI is InChI=1S/C14H21NO/c1-14(2,16)10-15(3)13-9-8-11-6-4-5-7-12(11)13/h4-7,13,16H,8-10H2,1-3H3/t13-/m0/s1. The normalized spacial score (nSPS) is 20.2. The summed E-state index contributed by atoms with van der Waals surface area (Å²) in [5.41, 5.74) is 2.29. The molecule has 0 aromatic heterocycles. The lowest BCUT2D eigenvalue weighted by molar-refractivity contribution is 0.0311. The SMILES string of the molecule is CN(CC(C)(C)O)[C@H]1CCc2ccccc21. The Hall–Kier alpha value is -0.860. The third-order valence-corrected chi connectivity index (χ3v) is 3.27. The third-order valence-electron chi connectivity index (χ3n) is 3.27. The first-order chi connectivity index (χ1) is 7.47. The smallest absolute Gasteiger partial charge is 0.0718 e. The molecule has 0 saturated carbocycles. The van der Waals surface area contributed by atoms with E-state index in [1.165, 1.54) is 17.5 Å². The second-order valence-corrected chi connectivity index (χ2v) is 5.48. The Morgan fingerprint density at radius 1 is 1.38 bits per heavy atom. The number of benzene rings is 1. The molecule has 0 bridgehead atoms. The lowest BCUT2D eigenvalue weighted by Gasteiger charge is -2.30. The van der Waals surface area contributed by atoms with Gasteiger partial charge in [-0.25, -0.2) is 0 Å². The van der Waals surface area contributed by atoms with Crippen LogP contribution in [0.25, 0.3) is 0 Å². The highest BCUT2D eigenvalue weighted by atomic mass is 16.3. The predicted molar refractivity (Wildman–Crippen MR) is 66.4 cm³/mol. The topological polar surface area (TPSA) is 23.5 Å². The first-order valence-corrected chi connectivity index (χ1v) is 5.98. The van der Waals surface area contributed by atoms with Crippen LogP contribution in [0.2, 0.25) is 0 Å². The van der Waals surface area contributed by atoms with Gasteiger partial charge in [-0.15, -0.1) is 0 Å². The zero-order chi connectivity index (χ0) is 11.8. The third kappa shape index (κ3) is 2.45. The maximum Gasteiger partial charge on any atom is 0.0718 e. The fraction of sp³-hybridized carbons (Fsp3) is 0.571. The molecule has 16 heavy (non-hydrogen) atoms. The molecule has 1 aromatic rings. The lowest BCUT2D eigenvalue weighted by Crippen LogP contribution is -2.37. The van der Waals surface area contributed by atoms with Crippen LogP contribution >= 0.6 is 0 Å². The maximum absolute atomic E-state index is 9.85. The van der Waals surface area contributed by atoms with E-state index < -0.39 is 5.60 Å². The van der Waals surface area contributed by atoms with Gasteiger partial charge in [0.1, 0.15) is 0 Å². The monoisotopic (exact) mass is 219 g/mol. The molecule has 1 aromatic carbocycles. The van der Waals surface area contributed by atoms with Gasteiger partial charge in [-0.2, -0.15) is 0 Å². The molecule has 2 heteroatoms. The van der Waals surface area contributed by atoms with Crippen molar-refractivity contribution in [2.24, 2.45) is 0 Å².